The van der Waals surface area contributed by atoms with Crippen molar-refractivity contribution >= 4 is 0 Å². The van der Waals surface area contributed by atoms with Gasteiger partial charge in [-0.25, -0.2) is 0 Å². The molecule has 0 amide bonds. The maximum Gasteiger partial charge on any atom is -0.00773 e. The van der Waals surface area contributed by atoms with Crippen molar-refractivity contribution in [3.05, 3.63) is 0 Å². The molecule has 2 nitrogen and oxygen atoms in total. The summed E-state index contributed by atoms with van der Waals surface area (Å²) < 4.78 is 0. The zero-order valence-corrected chi connectivity index (χ0v) is 9.03. The van der Waals surface area contributed by atoms with Crippen molar-refractivity contribution in [3.8, 4) is 0 Å². The molecule has 0 aliphatic rings. The fourth-order valence-electron chi connectivity index (χ4n) is 0.821. The summed E-state index contributed by atoms with van der Waals surface area (Å²) >= 11 is 0. The second kappa shape index (κ2) is 17.1. The van der Waals surface area contributed by atoms with Gasteiger partial charge in [-0.3, -0.25) is 0 Å². The minimum atomic E-state index is 0.861. The first-order chi connectivity index (χ1) is 5.83. The molecule has 0 spiro atoms. The van der Waals surface area contributed by atoms with Gasteiger partial charge in [0, 0.05) is 0 Å². The number of nitrogens with one attached hydrogen (secondary N) is 1. The third-order valence-electron chi connectivity index (χ3n) is 1.56. The van der Waals surface area contributed by atoms with Crippen LogP contribution in [0.2, 0.25) is 0 Å². The summed E-state index contributed by atoms with van der Waals surface area (Å²) in [6.45, 7) is 9.45. The molecule has 76 valence electrons. The third-order valence-corrected chi connectivity index (χ3v) is 1.56. The van der Waals surface area contributed by atoms with E-state index >= 15 is 0 Å². The van der Waals surface area contributed by atoms with Crippen LogP contribution in [-0.4, -0.2) is 19.6 Å². The predicted molar refractivity (Wildman–Crippen MR) is 57.4 cm³/mol. The highest BCUT2D eigenvalue weighted by atomic mass is 14.8. The maximum absolute atomic E-state index is 5.27. The summed E-state index contributed by atoms with van der Waals surface area (Å²) in [5.41, 5.74) is 5.27. The molecular formula is C10H26N2. The first-order valence-electron chi connectivity index (χ1n) is 5.24. The summed E-state index contributed by atoms with van der Waals surface area (Å²) in [4.78, 5) is 0. The van der Waals surface area contributed by atoms with E-state index in [2.05, 4.69) is 26.1 Å². The van der Waals surface area contributed by atoms with Crippen molar-refractivity contribution in [2.45, 2.75) is 46.5 Å². The zero-order valence-electron chi connectivity index (χ0n) is 9.03. The Morgan fingerprint density at radius 3 is 1.75 bits per heavy atom. The Hall–Kier alpha value is -0.0800. The van der Waals surface area contributed by atoms with Gasteiger partial charge in [0.05, 0.1) is 0 Å². The minimum Gasteiger partial charge on any atom is -0.330 e. The number of hydrogen-bond donors (Lipinski definition) is 2. The highest BCUT2D eigenvalue weighted by molar-refractivity contribution is 4.38. The van der Waals surface area contributed by atoms with Crippen LogP contribution in [0.3, 0.4) is 0 Å². The molecule has 0 radical (unpaired) electrons. The van der Waals surface area contributed by atoms with Gasteiger partial charge in [-0.2, -0.15) is 0 Å². The predicted octanol–water partition coefficient (Wildman–Crippen LogP) is 2.14. The molecular weight excluding hydrogens is 148 g/mol. The van der Waals surface area contributed by atoms with Gasteiger partial charge in [0.2, 0.25) is 0 Å². The molecule has 0 aromatic rings. The third kappa shape index (κ3) is 22.5. The van der Waals surface area contributed by atoms with E-state index < -0.39 is 0 Å². The fourth-order valence-corrected chi connectivity index (χ4v) is 0.821. The van der Waals surface area contributed by atoms with Crippen LogP contribution in [0.15, 0.2) is 0 Å². The quantitative estimate of drug-likeness (QED) is 0.605. The van der Waals surface area contributed by atoms with E-state index in [1.807, 2.05) is 0 Å². The van der Waals surface area contributed by atoms with E-state index in [-0.39, 0.29) is 0 Å². The number of hydrogen-bond acceptors (Lipinski definition) is 2. The van der Waals surface area contributed by atoms with Gasteiger partial charge in [-0.05, 0) is 26.1 Å². The molecule has 0 aromatic carbocycles. The summed E-state index contributed by atoms with van der Waals surface area (Å²) in [6, 6.07) is 0. The fraction of sp³-hybridized carbons (Fsp3) is 1.00. The Kier molecular flexibility index (Phi) is 20.6. The second-order valence-corrected chi connectivity index (χ2v) is 2.81. The highest BCUT2D eigenvalue weighted by Crippen LogP contribution is 1.95. The van der Waals surface area contributed by atoms with Gasteiger partial charge in [-0.15, -0.1) is 0 Å². The van der Waals surface area contributed by atoms with Gasteiger partial charge < -0.3 is 11.1 Å². The lowest BCUT2D eigenvalue weighted by Gasteiger charge is -1.90. The van der Waals surface area contributed by atoms with Crippen LogP contribution in [0.4, 0.5) is 0 Å². The molecule has 0 fully saturated rings. The van der Waals surface area contributed by atoms with E-state index in [0.29, 0.717) is 0 Å². The molecule has 3 N–H and O–H groups in total. The number of rotatable bonds is 6. The van der Waals surface area contributed by atoms with Gasteiger partial charge in [0.15, 0.2) is 0 Å². The first-order valence-corrected chi connectivity index (χ1v) is 5.24. The monoisotopic (exact) mass is 174 g/mol. The summed E-state index contributed by atoms with van der Waals surface area (Å²) in [5, 5.41) is 3.11. The average molecular weight is 174 g/mol. The van der Waals surface area contributed by atoms with Crippen LogP contribution in [0.25, 0.3) is 0 Å². The molecule has 0 bridgehead atoms. The summed E-state index contributed by atoms with van der Waals surface area (Å²) in [7, 11) is 0. The van der Waals surface area contributed by atoms with E-state index in [1.54, 1.807) is 0 Å². The van der Waals surface area contributed by atoms with Crippen LogP contribution in [-0.2, 0) is 0 Å². The van der Waals surface area contributed by atoms with Crippen LogP contribution < -0.4 is 11.1 Å². The molecule has 0 atom stereocenters. The molecule has 2 heteroatoms. The topological polar surface area (TPSA) is 38.0 Å². The van der Waals surface area contributed by atoms with E-state index in [1.165, 1.54) is 25.7 Å². The van der Waals surface area contributed by atoms with Gasteiger partial charge in [0.25, 0.3) is 0 Å². The molecule has 12 heavy (non-hydrogen) atoms. The summed E-state index contributed by atoms with van der Waals surface area (Å²) in [6.07, 6.45) is 5.16. The maximum atomic E-state index is 5.27. The van der Waals surface area contributed by atoms with Crippen molar-refractivity contribution in [2.75, 3.05) is 19.6 Å². The van der Waals surface area contributed by atoms with E-state index in [0.717, 1.165) is 19.6 Å². The largest absolute Gasteiger partial charge is 0.330 e. The first kappa shape index (κ1) is 14.4. The number of nitrogens with two attached hydrogens (primary N) is 1. The Morgan fingerprint density at radius 2 is 1.50 bits per heavy atom. The zero-order chi connectivity index (χ0) is 9.66. The molecule has 0 aliphatic heterocycles. The van der Waals surface area contributed by atoms with Crippen LogP contribution in [0.5, 0.6) is 0 Å². The Labute approximate surface area is 77.9 Å². The van der Waals surface area contributed by atoms with Crippen molar-refractivity contribution in [2.24, 2.45) is 5.73 Å². The van der Waals surface area contributed by atoms with Gasteiger partial charge >= 0.3 is 0 Å². The standard InChI is InChI=1S/C6H15N.C4H11N/c1-2-3-4-5-6-7;1-3-5-4-2/h2-7H2,1H3;5H,3-4H2,1-2H3. The van der Waals surface area contributed by atoms with Gasteiger partial charge in [0.1, 0.15) is 0 Å². The average Bonchev–Trinajstić information content (AvgIpc) is 2.08. The molecule has 0 saturated heterocycles. The smallest absolute Gasteiger partial charge is 0.00773 e. The van der Waals surface area contributed by atoms with Crippen LogP contribution >= 0.6 is 0 Å². The molecule has 0 heterocycles. The molecule has 0 unspecified atom stereocenters. The molecule has 0 aliphatic carbocycles. The molecule has 0 aromatic heterocycles. The highest BCUT2D eigenvalue weighted by Gasteiger charge is 1.80. The Morgan fingerprint density at radius 1 is 0.917 bits per heavy atom. The lowest BCUT2D eigenvalue weighted by atomic mass is 10.2. The Bertz CT molecular complexity index is 49.8. The van der Waals surface area contributed by atoms with Crippen molar-refractivity contribution < 1.29 is 0 Å². The normalized spacial score (nSPS) is 9.00. The Balaban J connectivity index is 0. The SMILES string of the molecule is CCCCCCN.CCNCC. The van der Waals surface area contributed by atoms with Gasteiger partial charge in [-0.1, -0.05) is 40.0 Å². The van der Waals surface area contributed by atoms with Crippen molar-refractivity contribution in [3.63, 3.8) is 0 Å². The van der Waals surface area contributed by atoms with Crippen LogP contribution in [0, 0.1) is 0 Å². The van der Waals surface area contributed by atoms with Crippen LogP contribution in [0.1, 0.15) is 46.5 Å². The van der Waals surface area contributed by atoms with E-state index in [9.17, 15) is 0 Å². The van der Waals surface area contributed by atoms with Crippen molar-refractivity contribution in [1.82, 2.24) is 5.32 Å². The molecule has 0 rings (SSSR count). The second-order valence-electron chi connectivity index (χ2n) is 2.81. The van der Waals surface area contributed by atoms with Crippen molar-refractivity contribution in [1.29, 1.82) is 0 Å². The lowest BCUT2D eigenvalue weighted by Crippen LogP contribution is -2.09. The summed E-state index contributed by atoms with van der Waals surface area (Å²) in [5.74, 6) is 0. The molecule has 0 saturated carbocycles. The number of unbranched alkanes of at least 4 members (excludes halogenated alkanes) is 3. The minimum absolute atomic E-state index is 0.861. The van der Waals surface area contributed by atoms with E-state index in [4.69, 9.17) is 5.73 Å². The lowest BCUT2D eigenvalue weighted by molar-refractivity contribution is 0.674.